The van der Waals surface area contributed by atoms with Crippen molar-refractivity contribution in [2.45, 2.75) is 37.5 Å². The van der Waals surface area contributed by atoms with E-state index in [9.17, 15) is 8.42 Å². The summed E-state index contributed by atoms with van der Waals surface area (Å²) in [6.45, 7) is 6.76. The smallest absolute Gasteiger partial charge is 0.216 e. The number of nitrogens with two attached hydrogens (primary N) is 1. The van der Waals surface area contributed by atoms with Gasteiger partial charge >= 0.3 is 0 Å². The van der Waals surface area contributed by atoms with Crippen molar-refractivity contribution in [3.63, 3.8) is 0 Å². The zero-order chi connectivity index (χ0) is 21.8. The van der Waals surface area contributed by atoms with Gasteiger partial charge in [-0.2, -0.15) is 0 Å². The number of sulfonamides is 1. The van der Waals surface area contributed by atoms with E-state index in [0.29, 0.717) is 0 Å². The number of benzene rings is 3. The molecule has 0 spiro atoms. The monoisotopic (exact) mass is 438 g/mol. The first-order valence-corrected chi connectivity index (χ1v) is 15.3. The molecule has 2 unspecified atom stereocenters. The van der Waals surface area contributed by atoms with Gasteiger partial charge in [-0.05, 0) is 16.7 Å². The average molecular weight is 439 g/mol. The van der Waals surface area contributed by atoms with Crippen LogP contribution in [0.4, 0.5) is 0 Å². The summed E-state index contributed by atoms with van der Waals surface area (Å²) in [6, 6.07) is 26.0. The van der Waals surface area contributed by atoms with Crippen LogP contribution in [0.15, 0.2) is 84.9 Å². The molecule has 0 aromatic heterocycles. The van der Waals surface area contributed by atoms with E-state index < -0.39 is 30.2 Å². The highest BCUT2D eigenvalue weighted by Gasteiger charge is 2.27. The van der Waals surface area contributed by atoms with E-state index in [0.717, 1.165) is 16.7 Å². The molecular formula is C24H30N2O2SSi. The fourth-order valence-corrected chi connectivity index (χ4v) is 6.04. The average Bonchev–Trinajstić information content (AvgIpc) is 2.72. The molecule has 0 radical (unpaired) electrons. The minimum atomic E-state index is -3.61. The molecule has 3 rings (SSSR count). The van der Waals surface area contributed by atoms with E-state index >= 15 is 0 Å². The molecule has 0 saturated heterocycles. The maximum absolute atomic E-state index is 13.1. The Labute approximate surface area is 181 Å². The third-order valence-electron chi connectivity index (χ3n) is 5.16. The van der Waals surface area contributed by atoms with Gasteiger partial charge in [0.25, 0.3) is 0 Å². The molecule has 30 heavy (non-hydrogen) atoms. The molecule has 0 aliphatic rings. The lowest BCUT2D eigenvalue weighted by atomic mass is 9.95. The SMILES string of the molecule is C[Si](C)(C)c1cccc(CS(=O)(=O)NC(c2ccccc2)C(N)c2ccccc2)c1. The van der Waals surface area contributed by atoms with Gasteiger partial charge in [0.15, 0.2) is 0 Å². The summed E-state index contributed by atoms with van der Waals surface area (Å²) < 4.78 is 29.1. The summed E-state index contributed by atoms with van der Waals surface area (Å²) in [5, 5.41) is 1.25. The lowest BCUT2D eigenvalue weighted by Gasteiger charge is -2.26. The first-order valence-electron chi connectivity index (χ1n) is 10.1. The third kappa shape index (κ3) is 5.89. The molecule has 2 atom stereocenters. The summed E-state index contributed by atoms with van der Waals surface area (Å²) in [4.78, 5) is 0. The molecule has 0 aliphatic carbocycles. The van der Waals surface area contributed by atoms with Crippen molar-refractivity contribution in [3.05, 3.63) is 102 Å². The second kappa shape index (κ2) is 9.26. The van der Waals surface area contributed by atoms with E-state index in [1.807, 2.05) is 78.9 Å². The summed E-state index contributed by atoms with van der Waals surface area (Å²) in [5.41, 5.74) is 9.05. The van der Waals surface area contributed by atoms with Crippen LogP contribution >= 0.6 is 0 Å². The first kappa shape index (κ1) is 22.4. The van der Waals surface area contributed by atoms with Crippen LogP contribution < -0.4 is 15.6 Å². The maximum Gasteiger partial charge on any atom is 0.216 e. The Morgan fingerprint density at radius 1 is 0.833 bits per heavy atom. The van der Waals surface area contributed by atoms with E-state index in [2.05, 4.69) is 30.4 Å². The van der Waals surface area contributed by atoms with Gasteiger partial charge < -0.3 is 5.73 Å². The van der Waals surface area contributed by atoms with Crippen molar-refractivity contribution in [2.24, 2.45) is 5.73 Å². The van der Waals surface area contributed by atoms with Gasteiger partial charge in [0.05, 0.1) is 25.9 Å². The molecule has 3 aromatic carbocycles. The minimum Gasteiger partial charge on any atom is -0.322 e. The van der Waals surface area contributed by atoms with Crippen LogP contribution in [-0.2, 0) is 15.8 Å². The van der Waals surface area contributed by atoms with Crippen LogP contribution in [0.3, 0.4) is 0 Å². The molecule has 3 aromatic rings. The second-order valence-corrected chi connectivity index (χ2v) is 15.5. The zero-order valence-electron chi connectivity index (χ0n) is 17.7. The second-order valence-electron chi connectivity index (χ2n) is 8.65. The predicted octanol–water partition coefficient (Wildman–Crippen LogP) is 4.09. The summed E-state index contributed by atoms with van der Waals surface area (Å²) >= 11 is 0. The minimum absolute atomic E-state index is 0.0733. The summed E-state index contributed by atoms with van der Waals surface area (Å²) in [7, 11) is -5.13. The molecule has 0 heterocycles. The lowest BCUT2D eigenvalue weighted by molar-refractivity contribution is 0.503. The normalized spacial score (nSPS) is 14.3. The Kier molecular flexibility index (Phi) is 6.93. The van der Waals surface area contributed by atoms with Crippen LogP contribution in [-0.4, -0.2) is 16.5 Å². The van der Waals surface area contributed by atoms with Crippen LogP contribution in [0.5, 0.6) is 0 Å². The van der Waals surface area contributed by atoms with E-state index in [1.54, 1.807) is 0 Å². The Balaban J connectivity index is 1.88. The van der Waals surface area contributed by atoms with Gasteiger partial charge in [0.1, 0.15) is 0 Å². The van der Waals surface area contributed by atoms with Crippen LogP contribution in [0.1, 0.15) is 28.8 Å². The molecule has 0 bridgehead atoms. The van der Waals surface area contributed by atoms with Crippen LogP contribution in [0, 0.1) is 0 Å². The molecule has 0 amide bonds. The predicted molar refractivity (Wildman–Crippen MR) is 128 cm³/mol. The first-order chi connectivity index (χ1) is 14.2. The highest BCUT2D eigenvalue weighted by molar-refractivity contribution is 7.88. The maximum atomic E-state index is 13.1. The molecule has 158 valence electrons. The number of rotatable bonds is 8. The number of hydrogen-bond acceptors (Lipinski definition) is 3. The van der Waals surface area contributed by atoms with Gasteiger partial charge in [-0.15, -0.1) is 0 Å². The van der Waals surface area contributed by atoms with Gasteiger partial charge in [-0.3, -0.25) is 0 Å². The molecule has 0 aliphatic heterocycles. The quantitative estimate of drug-likeness (QED) is 0.520. The van der Waals surface area contributed by atoms with Gasteiger partial charge in [0, 0.05) is 0 Å². The molecule has 0 fully saturated rings. The van der Waals surface area contributed by atoms with Crippen LogP contribution in [0.25, 0.3) is 0 Å². The third-order valence-corrected chi connectivity index (χ3v) is 8.53. The van der Waals surface area contributed by atoms with E-state index in [4.69, 9.17) is 5.73 Å². The molecule has 3 N–H and O–H groups in total. The Bertz CT molecular complexity index is 1070. The Morgan fingerprint density at radius 3 is 1.97 bits per heavy atom. The van der Waals surface area contributed by atoms with Crippen molar-refractivity contribution in [2.75, 3.05) is 0 Å². The lowest BCUT2D eigenvalue weighted by Crippen LogP contribution is -2.38. The van der Waals surface area contributed by atoms with Gasteiger partial charge in [0.2, 0.25) is 10.0 Å². The van der Waals surface area contributed by atoms with Crippen molar-refractivity contribution in [1.82, 2.24) is 4.72 Å². The molecule has 0 saturated carbocycles. The van der Waals surface area contributed by atoms with Gasteiger partial charge in [-0.25, -0.2) is 13.1 Å². The molecule has 4 nitrogen and oxygen atoms in total. The van der Waals surface area contributed by atoms with Gasteiger partial charge in [-0.1, -0.05) is 110 Å². The largest absolute Gasteiger partial charge is 0.322 e. The van der Waals surface area contributed by atoms with Crippen molar-refractivity contribution in [1.29, 1.82) is 0 Å². The molecule has 6 heteroatoms. The van der Waals surface area contributed by atoms with Crippen molar-refractivity contribution in [3.8, 4) is 0 Å². The fourth-order valence-electron chi connectivity index (χ4n) is 3.46. The zero-order valence-corrected chi connectivity index (χ0v) is 19.6. The van der Waals surface area contributed by atoms with E-state index in [1.165, 1.54) is 5.19 Å². The highest BCUT2D eigenvalue weighted by atomic mass is 32.2. The number of hydrogen-bond donors (Lipinski definition) is 2. The summed E-state index contributed by atoms with van der Waals surface area (Å²) in [6.07, 6.45) is 0. The number of nitrogens with one attached hydrogen (secondary N) is 1. The van der Waals surface area contributed by atoms with Crippen LogP contribution in [0.2, 0.25) is 19.6 Å². The Hall–Kier alpha value is -2.25. The highest BCUT2D eigenvalue weighted by Crippen LogP contribution is 2.28. The summed E-state index contributed by atoms with van der Waals surface area (Å²) in [5.74, 6) is -0.0733. The van der Waals surface area contributed by atoms with E-state index in [-0.39, 0.29) is 5.75 Å². The Morgan fingerprint density at radius 2 is 1.40 bits per heavy atom. The topological polar surface area (TPSA) is 72.2 Å². The fraction of sp³-hybridized carbons (Fsp3) is 0.250. The van der Waals surface area contributed by atoms with Crippen molar-refractivity contribution >= 4 is 23.3 Å². The van der Waals surface area contributed by atoms with Crippen molar-refractivity contribution < 1.29 is 8.42 Å². The standard InChI is InChI=1S/C24H30N2O2SSi/c1-30(2,3)22-16-10-11-19(17-22)18-29(27,28)26-24(21-14-8-5-9-15-21)23(25)20-12-6-4-7-13-20/h4-17,23-24,26H,18,25H2,1-3H3. The molecular weight excluding hydrogens is 408 g/mol.